The third kappa shape index (κ3) is 3.52. The normalized spacial score (nSPS) is 17.9. The summed E-state index contributed by atoms with van der Waals surface area (Å²) in [5.41, 5.74) is 1.79. The lowest BCUT2D eigenvalue weighted by atomic mass is 10.2. The summed E-state index contributed by atoms with van der Waals surface area (Å²) in [5.74, 6) is -0.146. The molecule has 1 fully saturated rings. The van der Waals surface area contributed by atoms with E-state index in [0.717, 1.165) is 20.7 Å². The van der Waals surface area contributed by atoms with Crippen molar-refractivity contribution >= 4 is 39.2 Å². The van der Waals surface area contributed by atoms with Gasteiger partial charge in [-0.25, -0.2) is 4.79 Å². The van der Waals surface area contributed by atoms with Gasteiger partial charge in [0.05, 0.1) is 23.3 Å². The highest BCUT2D eigenvalue weighted by molar-refractivity contribution is 7.16. The summed E-state index contributed by atoms with van der Waals surface area (Å²) >= 11 is 1.50. The van der Waals surface area contributed by atoms with Gasteiger partial charge in [-0.3, -0.25) is 9.69 Å². The van der Waals surface area contributed by atoms with Crippen LogP contribution in [0.15, 0.2) is 23.4 Å². The second kappa shape index (κ2) is 7.36. The molecule has 1 atom stereocenters. The monoisotopic (exact) mass is 378 g/mol. The van der Waals surface area contributed by atoms with Crippen molar-refractivity contribution in [1.82, 2.24) is 9.88 Å². The number of hydrogen-bond donors (Lipinski definition) is 1. The first-order chi connectivity index (χ1) is 12.4. The van der Waals surface area contributed by atoms with Crippen LogP contribution in [0.1, 0.15) is 26.8 Å². The summed E-state index contributed by atoms with van der Waals surface area (Å²) in [6.07, 6.45) is -0.764. The van der Waals surface area contributed by atoms with Gasteiger partial charge < -0.3 is 19.5 Å². The molecule has 0 spiro atoms. The number of fused-ring (bicyclic) bond motifs is 1. The molecule has 0 unspecified atom stereocenters. The first kappa shape index (κ1) is 18.2. The fraction of sp³-hybridized carbons (Fsp3) is 0.471. The molecule has 0 bridgehead atoms. The standard InChI is InChI=1S/C17H22N4O4S/c1-10(2)21-14-6-5-12(7-15(14)26-16(21)19-24-4)20-9-13(25-17(20)23)8-18-11(3)22/h5-7,10,13H,8-9H2,1-4H3,(H,18,22)/t13-/m0/s1. The van der Waals surface area contributed by atoms with Crippen molar-refractivity contribution in [2.45, 2.75) is 32.9 Å². The van der Waals surface area contributed by atoms with Gasteiger partial charge in [0.25, 0.3) is 0 Å². The maximum Gasteiger partial charge on any atom is 0.414 e. The van der Waals surface area contributed by atoms with Gasteiger partial charge in [-0.15, -0.1) is 0 Å². The van der Waals surface area contributed by atoms with E-state index in [1.54, 1.807) is 4.90 Å². The first-order valence-corrected chi connectivity index (χ1v) is 9.17. The van der Waals surface area contributed by atoms with Gasteiger partial charge in [-0.2, -0.15) is 0 Å². The Balaban J connectivity index is 1.91. The molecule has 1 aromatic heterocycles. The topological polar surface area (TPSA) is 85.2 Å². The summed E-state index contributed by atoms with van der Waals surface area (Å²) in [6.45, 7) is 6.31. The van der Waals surface area contributed by atoms with Crippen molar-refractivity contribution in [2.75, 3.05) is 25.1 Å². The Bertz CT molecular complexity index is 902. The predicted octanol–water partition coefficient (Wildman–Crippen LogP) is 2.21. The molecule has 140 valence electrons. The zero-order valence-corrected chi connectivity index (χ0v) is 16.0. The average molecular weight is 378 g/mol. The summed E-state index contributed by atoms with van der Waals surface area (Å²) in [4.78, 5) is 30.5. The average Bonchev–Trinajstić information content (AvgIpc) is 3.12. The quantitative estimate of drug-likeness (QED) is 0.809. The van der Waals surface area contributed by atoms with Gasteiger partial charge in [0.2, 0.25) is 10.7 Å². The van der Waals surface area contributed by atoms with E-state index < -0.39 is 6.09 Å². The number of anilines is 1. The van der Waals surface area contributed by atoms with Crippen molar-refractivity contribution in [3.05, 3.63) is 23.0 Å². The fourth-order valence-electron chi connectivity index (χ4n) is 2.94. The number of benzene rings is 1. The Kier molecular flexibility index (Phi) is 5.17. The molecular formula is C17H22N4O4S. The van der Waals surface area contributed by atoms with Gasteiger partial charge in [0.1, 0.15) is 13.2 Å². The molecule has 2 amide bonds. The van der Waals surface area contributed by atoms with Crippen molar-refractivity contribution in [3.8, 4) is 0 Å². The Morgan fingerprint density at radius 3 is 2.92 bits per heavy atom. The molecule has 1 saturated heterocycles. The van der Waals surface area contributed by atoms with E-state index in [-0.39, 0.29) is 18.1 Å². The van der Waals surface area contributed by atoms with Crippen LogP contribution in [0.5, 0.6) is 0 Å². The van der Waals surface area contributed by atoms with E-state index in [4.69, 9.17) is 9.57 Å². The molecule has 2 aromatic rings. The summed E-state index contributed by atoms with van der Waals surface area (Å²) in [7, 11) is 1.52. The van der Waals surface area contributed by atoms with Crippen LogP contribution in [0.2, 0.25) is 0 Å². The number of thiazole rings is 1. The summed E-state index contributed by atoms with van der Waals surface area (Å²) in [6, 6.07) is 6.05. The van der Waals surface area contributed by atoms with Crippen LogP contribution in [0, 0.1) is 0 Å². The minimum absolute atomic E-state index is 0.146. The number of rotatable bonds is 5. The van der Waals surface area contributed by atoms with Crippen LogP contribution in [-0.4, -0.2) is 42.9 Å². The molecule has 26 heavy (non-hydrogen) atoms. The molecule has 1 aliphatic heterocycles. The van der Waals surface area contributed by atoms with Crippen molar-refractivity contribution in [2.24, 2.45) is 5.16 Å². The SMILES string of the molecule is CON=c1sc2cc(N3C[C@H](CNC(C)=O)OC3=O)ccc2n1C(C)C. The van der Waals surface area contributed by atoms with E-state index >= 15 is 0 Å². The van der Waals surface area contributed by atoms with E-state index in [1.807, 2.05) is 18.2 Å². The number of amides is 2. The van der Waals surface area contributed by atoms with Crippen LogP contribution in [0.25, 0.3) is 10.2 Å². The Morgan fingerprint density at radius 2 is 2.27 bits per heavy atom. The highest BCUT2D eigenvalue weighted by atomic mass is 32.1. The number of hydrogen-bond acceptors (Lipinski definition) is 6. The van der Waals surface area contributed by atoms with Crippen molar-refractivity contribution < 1.29 is 19.2 Å². The second-order valence-corrected chi connectivity index (χ2v) is 7.34. The second-order valence-electron chi connectivity index (χ2n) is 6.33. The zero-order chi connectivity index (χ0) is 18.8. The molecule has 8 nitrogen and oxygen atoms in total. The lowest BCUT2D eigenvalue weighted by Gasteiger charge is -2.14. The Hall–Kier alpha value is -2.55. The zero-order valence-electron chi connectivity index (χ0n) is 15.2. The van der Waals surface area contributed by atoms with Gasteiger partial charge in [-0.1, -0.05) is 16.5 Å². The van der Waals surface area contributed by atoms with E-state index in [1.165, 1.54) is 25.4 Å². The largest absolute Gasteiger partial charge is 0.442 e. The van der Waals surface area contributed by atoms with Gasteiger partial charge >= 0.3 is 6.09 Å². The molecule has 3 rings (SSSR count). The Morgan fingerprint density at radius 1 is 1.50 bits per heavy atom. The summed E-state index contributed by atoms with van der Waals surface area (Å²) < 4.78 is 8.43. The number of ether oxygens (including phenoxy) is 1. The van der Waals surface area contributed by atoms with Crippen molar-refractivity contribution in [1.29, 1.82) is 0 Å². The van der Waals surface area contributed by atoms with E-state index in [9.17, 15) is 9.59 Å². The number of carbonyl (C=O) groups is 2. The fourth-order valence-corrected chi connectivity index (χ4v) is 4.10. The van der Waals surface area contributed by atoms with Crippen LogP contribution < -0.4 is 15.0 Å². The third-order valence-electron chi connectivity index (χ3n) is 4.06. The van der Waals surface area contributed by atoms with Crippen LogP contribution in [0.3, 0.4) is 0 Å². The Labute approximate surface area is 155 Å². The highest BCUT2D eigenvalue weighted by Crippen LogP contribution is 2.28. The minimum atomic E-state index is -0.408. The highest BCUT2D eigenvalue weighted by Gasteiger charge is 2.32. The van der Waals surface area contributed by atoms with E-state index in [2.05, 4.69) is 28.9 Å². The molecule has 0 radical (unpaired) electrons. The number of carbonyl (C=O) groups excluding carboxylic acids is 2. The maximum atomic E-state index is 12.2. The lowest BCUT2D eigenvalue weighted by Crippen LogP contribution is -2.33. The summed E-state index contributed by atoms with van der Waals surface area (Å²) in [5, 5.41) is 6.77. The van der Waals surface area contributed by atoms with Gasteiger partial charge in [-0.05, 0) is 32.0 Å². The predicted molar refractivity (Wildman–Crippen MR) is 99.1 cm³/mol. The number of aromatic nitrogens is 1. The van der Waals surface area contributed by atoms with Crippen LogP contribution in [-0.2, 0) is 14.4 Å². The number of cyclic esters (lactones) is 1. The molecule has 0 aliphatic carbocycles. The smallest absolute Gasteiger partial charge is 0.414 e. The lowest BCUT2D eigenvalue weighted by molar-refractivity contribution is -0.119. The molecular weight excluding hydrogens is 356 g/mol. The molecule has 1 N–H and O–H groups in total. The first-order valence-electron chi connectivity index (χ1n) is 8.35. The number of nitrogens with one attached hydrogen (secondary N) is 1. The van der Waals surface area contributed by atoms with Gasteiger partial charge in [0, 0.05) is 18.7 Å². The molecule has 1 aliphatic rings. The third-order valence-corrected chi connectivity index (χ3v) is 5.06. The molecule has 2 heterocycles. The van der Waals surface area contributed by atoms with E-state index in [0.29, 0.717) is 13.1 Å². The van der Waals surface area contributed by atoms with Gasteiger partial charge in [0.15, 0.2) is 0 Å². The van der Waals surface area contributed by atoms with Crippen LogP contribution >= 0.6 is 11.3 Å². The maximum absolute atomic E-state index is 12.2. The van der Waals surface area contributed by atoms with Crippen LogP contribution in [0.4, 0.5) is 10.5 Å². The molecule has 0 saturated carbocycles. The minimum Gasteiger partial charge on any atom is -0.442 e. The molecule has 1 aromatic carbocycles. The number of nitrogens with zero attached hydrogens (tertiary/aromatic N) is 3. The van der Waals surface area contributed by atoms with Crippen molar-refractivity contribution in [3.63, 3.8) is 0 Å². The molecule has 9 heteroatoms.